The van der Waals surface area contributed by atoms with Crippen LogP contribution >= 0.6 is 11.6 Å². The predicted molar refractivity (Wildman–Crippen MR) is 102 cm³/mol. The molecule has 0 saturated carbocycles. The van der Waals surface area contributed by atoms with Crippen LogP contribution in [-0.2, 0) is 13.5 Å². The lowest BCUT2D eigenvalue weighted by Gasteiger charge is -2.28. The van der Waals surface area contributed by atoms with Gasteiger partial charge in [0.15, 0.2) is 0 Å². The number of hydrogen-bond donors (Lipinski definition) is 2. The summed E-state index contributed by atoms with van der Waals surface area (Å²) in [6.07, 6.45) is 13.0. The maximum absolute atomic E-state index is 6.22. The largest absolute Gasteiger partial charge is 0.361 e. The van der Waals surface area contributed by atoms with Gasteiger partial charge in [-0.25, -0.2) is 0 Å². The highest BCUT2D eigenvalue weighted by Gasteiger charge is 2.15. The summed E-state index contributed by atoms with van der Waals surface area (Å²) in [4.78, 5) is 3.32. The normalized spacial score (nSPS) is 14.0. The molecule has 25 heavy (non-hydrogen) atoms. The summed E-state index contributed by atoms with van der Waals surface area (Å²) < 4.78 is 1.82. The van der Waals surface area contributed by atoms with Crippen molar-refractivity contribution in [2.24, 2.45) is 7.05 Å². The maximum atomic E-state index is 6.22. The molecule has 0 aliphatic carbocycles. The molecule has 1 aliphatic rings. The first-order chi connectivity index (χ1) is 12.1. The monoisotopic (exact) mass is 353 g/mol. The Hall–Kier alpha value is -2.66. The summed E-state index contributed by atoms with van der Waals surface area (Å²) >= 11 is 6.22. The Morgan fingerprint density at radius 1 is 1.28 bits per heavy atom. The van der Waals surface area contributed by atoms with Crippen LogP contribution in [0.4, 0.5) is 0 Å². The van der Waals surface area contributed by atoms with Gasteiger partial charge in [0.25, 0.3) is 0 Å². The molecule has 2 aromatic heterocycles. The molecule has 3 aromatic rings. The van der Waals surface area contributed by atoms with E-state index in [2.05, 4.69) is 38.9 Å². The van der Waals surface area contributed by atoms with Crippen molar-refractivity contribution >= 4 is 28.2 Å². The van der Waals surface area contributed by atoms with Gasteiger partial charge in [-0.1, -0.05) is 11.6 Å². The minimum absolute atomic E-state index is 0.797. The lowest BCUT2D eigenvalue weighted by molar-refractivity contribution is 0.337. The van der Waals surface area contributed by atoms with E-state index >= 15 is 0 Å². The van der Waals surface area contributed by atoms with E-state index in [1.54, 1.807) is 0 Å². The first kappa shape index (κ1) is 15.8. The number of nitrogens with zero attached hydrogens (tertiary/aromatic N) is 3. The van der Waals surface area contributed by atoms with Crippen molar-refractivity contribution in [2.75, 3.05) is 6.54 Å². The third-order valence-corrected chi connectivity index (χ3v) is 4.93. The van der Waals surface area contributed by atoms with E-state index in [1.165, 1.54) is 10.9 Å². The number of rotatable bonds is 4. The molecule has 3 heterocycles. The average Bonchev–Trinajstić information content (AvgIpc) is 3.20. The summed E-state index contributed by atoms with van der Waals surface area (Å²) in [5.74, 6) is 0. The van der Waals surface area contributed by atoms with Gasteiger partial charge in [0.05, 0.1) is 11.9 Å². The van der Waals surface area contributed by atoms with Gasteiger partial charge in [-0.15, -0.1) is 0 Å². The Bertz CT molecular complexity index is 979. The molecule has 0 unspecified atom stereocenters. The molecule has 0 atom stereocenters. The SMILES string of the molecule is Cc1cc2c(CCN3NC=CC=C3c3cnn(C)c3)c[nH]c2cc1Cl. The standard InChI is InChI=1S/C19H20ClN5/c1-13-8-16-14(10-21-18(16)9-17(13)20)5-7-25-19(4-3-6-22-25)15-11-23-24(2)12-15/h3-4,6,8-12,21-22H,5,7H2,1-2H3. The number of aromatic amines is 1. The first-order valence-corrected chi connectivity index (χ1v) is 8.65. The summed E-state index contributed by atoms with van der Waals surface area (Å²) in [6, 6.07) is 4.16. The van der Waals surface area contributed by atoms with Crippen LogP contribution in [0.2, 0.25) is 5.02 Å². The quantitative estimate of drug-likeness (QED) is 0.750. The Balaban J connectivity index is 1.55. The van der Waals surface area contributed by atoms with Gasteiger partial charge < -0.3 is 10.4 Å². The van der Waals surface area contributed by atoms with Crippen molar-refractivity contribution in [1.82, 2.24) is 25.2 Å². The Morgan fingerprint density at radius 3 is 2.96 bits per heavy atom. The average molecular weight is 354 g/mol. The smallest absolute Gasteiger partial charge is 0.0676 e. The van der Waals surface area contributed by atoms with Crippen LogP contribution in [0.25, 0.3) is 16.6 Å². The Labute approximate surface area is 151 Å². The number of H-pyrrole nitrogens is 1. The second kappa shape index (κ2) is 6.33. The molecule has 0 amide bonds. The predicted octanol–water partition coefficient (Wildman–Crippen LogP) is 3.78. The van der Waals surface area contributed by atoms with Gasteiger partial charge in [-0.3, -0.25) is 9.69 Å². The number of aromatic nitrogens is 3. The van der Waals surface area contributed by atoms with E-state index in [0.717, 1.165) is 40.3 Å². The van der Waals surface area contributed by atoms with E-state index in [0.29, 0.717) is 0 Å². The van der Waals surface area contributed by atoms with E-state index in [1.807, 2.05) is 49.4 Å². The number of hydrogen-bond acceptors (Lipinski definition) is 3. The van der Waals surface area contributed by atoms with Crippen molar-refractivity contribution < 1.29 is 0 Å². The molecule has 1 aromatic carbocycles. The van der Waals surface area contributed by atoms with Crippen LogP contribution in [0.15, 0.2) is 49.1 Å². The highest BCUT2D eigenvalue weighted by molar-refractivity contribution is 6.32. The van der Waals surface area contributed by atoms with Crippen molar-refractivity contribution in [1.29, 1.82) is 0 Å². The zero-order chi connectivity index (χ0) is 17.4. The fourth-order valence-corrected chi connectivity index (χ4v) is 3.33. The van der Waals surface area contributed by atoms with Crippen LogP contribution in [0.3, 0.4) is 0 Å². The highest BCUT2D eigenvalue weighted by atomic mass is 35.5. The van der Waals surface area contributed by atoms with Crippen molar-refractivity contribution in [3.8, 4) is 0 Å². The van der Waals surface area contributed by atoms with Gasteiger partial charge in [-0.2, -0.15) is 5.10 Å². The van der Waals surface area contributed by atoms with Gasteiger partial charge in [-0.05, 0) is 48.8 Å². The number of nitrogens with one attached hydrogen (secondary N) is 2. The van der Waals surface area contributed by atoms with Gasteiger partial charge in [0.1, 0.15) is 0 Å². The number of fused-ring (bicyclic) bond motifs is 1. The number of allylic oxidation sites excluding steroid dienone is 2. The molecular weight excluding hydrogens is 334 g/mol. The van der Waals surface area contributed by atoms with Gasteiger partial charge in [0, 0.05) is 53.7 Å². The molecule has 0 bridgehead atoms. The minimum atomic E-state index is 0.797. The highest BCUT2D eigenvalue weighted by Crippen LogP contribution is 2.27. The lowest BCUT2D eigenvalue weighted by Crippen LogP contribution is -2.35. The third kappa shape index (κ3) is 3.03. The minimum Gasteiger partial charge on any atom is -0.361 e. The van der Waals surface area contributed by atoms with E-state index < -0.39 is 0 Å². The molecule has 0 spiro atoms. The topological polar surface area (TPSA) is 48.9 Å². The second-order valence-electron chi connectivity index (χ2n) is 6.31. The molecule has 4 rings (SSSR count). The summed E-state index contributed by atoms with van der Waals surface area (Å²) in [7, 11) is 1.93. The second-order valence-corrected chi connectivity index (χ2v) is 6.71. The van der Waals surface area contributed by atoms with Gasteiger partial charge >= 0.3 is 0 Å². The maximum Gasteiger partial charge on any atom is 0.0676 e. The molecule has 128 valence electrons. The number of hydrazine groups is 1. The zero-order valence-electron chi connectivity index (χ0n) is 14.3. The van der Waals surface area contributed by atoms with Gasteiger partial charge in [0.2, 0.25) is 0 Å². The van der Waals surface area contributed by atoms with Crippen LogP contribution < -0.4 is 5.43 Å². The van der Waals surface area contributed by atoms with Crippen molar-refractivity contribution in [3.05, 3.63) is 70.8 Å². The fraction of sp³-hybridized carbons (Fsp3) is 0.211. The zero-order valence-corrected chi connectivity index (χ0v) is 15.0. The molecule has 5 nitrogen and oxygen atoms in total. The molecule has 2 N–H and O–H groups in total. The fourth-order valence-electron chi connectivity index (χ4n) is 3.17. The van der Waals surface area contributed by atoms with Crippen LogP contribution in [0.5, 0.6) is 0 Å². The molecule has 0 fully saturated rings. The third-order valence-electron chi connectivity index (χ3n) is 4.52. The molecule has 0 saturated heterocycles. The Morgan fingerprint density at radius 2 is 2.16 bits per heavy atom. The summed E-state index contributed by atoms with van der Waals surface area (Å²) in [6.45, 7) is 2.89. The molecule has 0 radical (unpaired) electrons. The van der Waals surface area contributed by atoms with Crippen LogP contribution in [0, 0.1) is 6.92 Å². The van der Waals surface area contributed by atoms with Crippen LogP contribution in [-0.4, -0.2) is 26.3 Å². The molecular formula is C19H20ClN5. The van der Waals surface area contributed by atoms with E-state index in [4.69, 9.17) is 11.6 Å². The Kier molecular flexibility index (Phi) is 4.01. The molecule has 1 aliphatic heterocycles. The van der Waals surface area contributed by atoms with Crippen molar-refractivity contribution in [2.45, 2.75) is 13.3 Å². The number of aryl methyl sites for hydroxylation is 2. The van der Waals surface area contributed by atoms with Crippen LogP contribution in [0.1, 0.15) is 16.7 Å². The summed E-state index contributed by atoms with van der Waals surface area (Å²) in [5.41, 5.74) is 9.02. The lowest BCUT2D eigenvalue weighted by atomic mass is 10.1. The summed E-state index contributed by atoms with van der Waals surface area (Å²) in [5, 5.41) is 8.46. The van der Waals surface area contributed by atoms with E-state index in [-0.39, 0.29) is 0 Å². The number of benzene rings is 1. The van der Waals surface area contributed by atoms with E-state index in [9.17, 15) is 0 Å². The number of halogens is 1. The first-order valence-electron chi connectivity index (χ1n) is 8.27. The molecule has 6 heteroatoms. The van der Waals surface area contributed by atoms with Crippen molar-refractivity contribution in [3.63, 3.8) is 0 Å².